The van der Waals surface area contributed by atoms with E-state index in [1.807, 2.05) is 0 Å². The van der Waals surface area contributed by atoms with Gasteiger partial charge in [-0.1, -0.05) is 18.2 Å². The number of carbonyl (C=O) groups excluding carboxylic acids is 1. The molecule has 1 unspecified atom stereocenters. The molecule has 0 saturated carbocycles. The van der Waals surface area contributed by atoms with E-state index < -0.39 is 31.8 Å². The van der Waals surface area contributed by atoms with Gasteiger partial charge in [-0.2, -0.15) is 4.31 Å². The Morgan fingerprint density at radius 2 is 1.63 bits per heavy atom. The first-order chi connectivity index (χ1) is 14.1. The first kappa shape index (κ1) is 22.4. The molecule has 2 aromatic carbocycles. The van der Waals surface area contributed by atoms with E-state index in [1.165, 1.54) is 34.6 Å². The Bertz CT molecular complexity index is 1120. The molecule has 1 aliphatic rings. The average Bonchev–Trinajstić information content (AvgIpc) is 2.74. The van der Waals surface area contributed by atoms with Gasteiger partial charge in [0.25, 0.3) is 5.91 Å². The van der Waals surface area contributed by atoms with Gasteiger partial charge in [0.15, 0.2) is 9.84 Å². The van der Waals surface area contributed by atoms with Gasteiger partial charge in [-0.05, 0) is 42.8 Å². The van der Waals surface area contributed by atoms with Crippen LogP contribution in [0.2, 0.25) is 0 Å². The molecule has 8 nitrogen and oxygen atoms in total. The van der Waals surface area contributed by atoms with Gasteiger partial charge in [0.1, 0.15) is 0 Å². The van der Waals surface area contributed by atoms with Crippen molar-refractivity contribution in [2.24, 2.45) is 0 Å². The third-order valence-electron chi connectivity index (χ3n) is 4.86. The SMILES string of the molecule is CC(NC(=O)c1cccc(S(=O)(=O)N2CCOCC2)c1)c1ccc(S(C)(=O)=O)cc1. The van der Waals surface area contributed by atoms with Crippen LogP contribution in [0, 0.1) is 0 Å². The summed E-state index contributed by atoms with van der Waals surface area (Å²) in [6, 6.07) is 11.8. The minimum Gasteiger partial charge on any atom is -0.379 e. The van der Waals surface area contributed by atoms with E-state index in [1.54, 1.807) is 25.1 Å². The highest BCUT2D eigenvalue weighted by atomic mass is 32.2. The van der Waals surface area contributed by atoms with Crippen LogP contribution in [0.4, 0.5) is 0 Å². The lowest BCUT2D eigenvalue weighted by Gasteiger charge is -2.26. The minimum atomic E-state index is -3.70. The van der Waals surface area contributed by atoms with Crippen LogP contribution in [0.5, 0.6) is 0 Å². The van der Waals surface area contributed by atoms with E-state index in [9.17, 15) is 21.6 Å². The Morgan fingerprint density at radius 1 is 1.00 bits per heavy atom. The number of morpholine rings is 1. The Labute approximate surface area is 176 Å². The predicted molar refractivity (Wildman–Crippen MR) is 111 cm³/mol. The maximum absolute atomic E-state index is 12.8. The van der Waals surface area contributed by atoms with Gasteiger partial charge in [-0.3, -0.25) is 4.79 Å². The monoisotopic (exact) mass is 452 g/mol. The number of benzene rings is 2. The van der Waals surface area contributed by atoms with Gasteiger partial charge in [0, 0.05) is 24.9 Å². The molecule has 1 heterocycles. The van der Waals surface area contributed by atoms with Crippen molar-refractivity contribution in [3.05, 3.63) is 59.7 Å². The van der Waals surface area contributed by atoms with E-state index in [0.29, 0.717) is 13.2 Å². The normalized spacial score (nSPS) is 16.7. The van der Waals surface area contributed by atoms with Gasteiger partial charge < -0.3 is 10.1 Å². The molecule has 10 heteroatoms. The van der Waals surface area contributed by atoms with Crippen molar-refractivity contribution in [2.75, 3.05) is 32.6 Å². The molecule has 3 rings (SSSR count). The van der Waals surface area contributed by atoms with Crippen molar-refractivity contribution in [3.8, 4) is 0 Å². The van der Waals surface area contributed by atoms with E-state index in [2.05, 4.69) is 5.32 Å². The van der Waals surface area contributed by atoms with Gasteiger partial charge >= 0.3 is 0 Å². The van der Waals surface area contributed by atoms with Gasteiger partial charge in [0.05, 0.1) is 29.0 Å². The lowest BCUT2D eigenvalue weighted by molar-refractivity contribution is 0.0730. The molecule has 1 saturated heterocycles. The largest absolute Gasteiger partial charge is 0.379 e. The first-order valence-electron chi connectivity index (χ1n) is 9.38. The average molecular weight is 453 g/mol. The quantitative estimate of drug-likeness (QED) is 0.713. The molecule has 30 heavy (non-hydrogen) atoms. The maximum Gasteiger partial charge on any atom is 0.251 e. The van der Waals surface area contributed by atoms with E-state index in [0.717, 1.165) is 11.8 Å². The lowest BCUT2D eigenvalue weighted by Crippen LogP contribution is -2.40. The number of ether oxygens (including phenoxy) is 1. The van der Waals surface area contributed by atoms with E-state index in [4.69, 9.17) is 4.74 Å². The third kappa shape index (κ3) is 5.07. The summed E-state index contributed by atoms with van der Waals surface area (Å²) in [4.78, 5) is 12.9. The maximum atomic E-state index is 12.8. The smallest absolute Gasteiger partial charge is 0.251 e. The van der Waals surface area contributed by atoms with Crippen molar-refractivity contribution in [1.29, 1.82) is 0 Å². The molecule has 1 amide bonds. The van der Waals surface area contributed by atoms with Gasteiger partial charge in [-0.25, -0.2) is 16.8 Å². The summed E-state index contributed by atoms with van der Waals surface area (Å²) >= 11 is 0. The number of rotatable bonds is 6. The Balaban J connectivity index is 1.75. The molecule has 1 fully saturated rings. The number of sulfonamides is 1. The Hall–Kier alpha value is -2.27. The molecular formula is C20H24N2O6S2. The fraction of sp³-hybridized carbons (Fsp3) is 0.350. The van der Waals surface area contributed by atoms with Crippen molar-refractivity contribution in [1.82, 2.24) is 9.62 Å². The van der Waals surface area contributed by atoms with Crippen molar-refractivity contribution < 1.29 is 26.4 Å². The molecular weight excluding hydrogens is 428 g/mol. The number of amides is 1. The highest BCUT2D eigenvalue weighted by molar-refractivity contribution is 7.90. The zero-order chi connectivity index (χ0) is 21.9. The highest BCUT2D eigenvalue weighted by Crippen LogP contribution is 2.20. The van der Waals surface area contributed by atoms with Crippen molar-refractivity contribution >= 4 is 25.8 Å². The van der Waals surface area contributed by atoms with Crippen molar-refractivity contribution in [3.63, 3.8) is 0 Å². The van der Waals surface area contributed by atoms with Crippen LogP contribution in [0.25, 0.3) is 0 Å². The van der Waals surface area contributed by atoms with Crippen LogP contribution in [0.15, 0.2) is 58.3 Å². The summed E-state index contributed by atoms with van der Waals surface area (Å²) in [5.41, 5.74) is 0.955. The lowest BCUT2D eigenvalue weighted by atomic mass is 10.1. The molecule has 0 aromatic heterocycles. The minimum absolute atomic E-state index is 0.0576. The van der Waals surface area contributed by atoms with Crippen molar-refractivity contribution in [2.45, 2.75) is 22.8 Å². The standard InChI is InChI=1S/C20H24N2O6S2/c1-15(16-6-8-18(9-7-16)29(2,24)25)21-20(23)17-4-3-5-19(14-17)30(26,27)22-10-12-28-13-11-22/h3-9,14-15H,10-13H2,1-2H3,(H,21,23). The van der Waals surface area contributed by atoms with Crippen LogP contribution < -0.4 is 5.32 Å². The number of sulfone groups is 1. The molecule has 1 atom stereocenters. The van der Waals surface area contributed by atoms with Gasteiger partial charge in [0.2, 0.25) is 10.0 Å². The molecule has 1 N–H and O–H groups in total. The molecule has 1 aliphatic heterocycles. The summed E-state index contributed by atoms with van der Waals surface area (Å²) in [6.45, 7) is 3.00. The summed E-state index contributed by atoms with van der Waals surface area (Å²) in [6.07, 6.45) is 1.13. The van der Waals surface area contributed by atoms with Crippen LogP contribution in [-0.2, 0) is 24.6 Å². The molecule has 2 aromatic rings. The highest BCUT2D eigenvalue weighted by Gasteiger charge is 2.27. The van der Waals surface area contributed by atoms with Gasteiger partial charge in [-0.15, -0.1) is 0 Å². The van der Waals surface area contributed by atoms with E-state index in [-0.39, 0.29) is 28.4 Å². The fourth-order valence-corrected chi connectivity index (χ4v) is 5.19. The topological polar surface area (TPSA) is 110 Å². The molecule has 0 bridgehead atoms. The summed E-state index contributed by atoms with van der Waals surface area (Å²) < 4.78 is 55.3. The Kier molecular flexibility index (Phi) is 6.61. The van der Waals surface area contributed by atoms with Crippen LogP contribution >= 0.6 is 0 Å². The number of nitrogens with zero attached hydrogens (tertiary/aromatic N) is 1. The zero-order valence-electron chi connectivity index (χ0n) is 16.7. The fourth-order valence-electron chi connectivity index (χ4n) is 3.10. The number of hydrogen-bond acceptors (Lipinski definition) is 6. The third-order valence-corrected chi connectivity index (χ3v) is 7.88. The Morgan fingerprint density at radius 3 is 2.23 bits per heavy atom. The second-order valence-electron chi connectivity index (χ2n) is 7.08. The number of nitrogens with one attached hydrogen (secondary N) is 1. The molecule has 162 valence electrons. The zero-order valence-corrected chi connectivity index (χ0v) is 18.4. The summed E-state index contributed by atoms with van der Waals surface area (Å²) in [5, 5.41) is 2.81. The molecule has 0 aliphatic carbocycles. The number of hydrogen-bond donors (Lipinski definition) is 1. The van der Waals surface area contributed by atoms with Crippen LogP contribution in [-0.4, -0.2) is 59.6 Å². The predicted octanol–water partition coefficient (Wildman–Crippen LogP) is 1.60. The van der Waals surface area contributed by atoms with Crippen LogP contribution in [0.3, 0.4) is 0 Å². The summed E-state index contributed by atoms with van der Waals surface area (Å²) in [5.74, 6) is -0.422. The van der Waals surface area contributed by atoms with E-state index >= 15 is 0 Å². The second kappa shape index (κ2) is 8.84. The summed E-state index contributed by atoms with van der Waals surface area (Å²) in [7, 11) is -7.00. The number of carbonyl (C=O) groups is 1. The molecule has 0 radical (unpaired) electrons. The first-order valence-corrected chi connectivity index (χ1v) is 12.7. The van der Waals surface area contributed by atoms with Crippen LogP contribution in [0.1, 0.15) is 28.9 Å². The molecule has 0 spiro atoms. The second-order valence-corrected chi connectivity index (χ2v) is 11.0.